The summed E-state index contributed by atoms with van der Waals surface area (Å²) in [7, 11) is 0. The number of alkyl halides is 1. The minimum Gasteiger partial charge on any atom is -0.317 e. The number of hydrogen-bond acceptors (Lipinski definition) is 1. The molecule has 0 radical (unpaired) electrons. The molecule has 2 heteroatoms. The van der Waals surface area contributed by atoms with Crippen LogP contribution < -0.4 is 5.32 Å². The van der Waals surface area contributed by atoms with Crippen molar-refractivity contribution in [3.8, 4) is 0 Å². The van der Waals surface area contributed by atoms with E-state index in [1.165, 1.54) is 58.0 Å². The second-order valence-electron chi connectivity index (χ2n) is 3.56. The molecule has 0 saturated carbocycles. The molecule has 0 heterocycles. The largest absolute Gasteiger partial charge is 0.317 e. The predicted octanol–water partition coefficient (Wildman–Crippen LogP) is 3.72. The van der Waals surface area contributed by atoms with Gasteiger partial charge in [0.1, 0.15) is 0 Å². The molecule has 1 N–H and O–H groups in total. The molecule has 13 heavy (non-hydrogen) atoms. The van der Waals surface area contributed by atoms with Gasteiger partial charge in [-0.25, -0.2) is 0 Å². The van der Waals surface area contributed by atoms with Crippen molar-refractivity contribution in [2.75, 3.05) is 18.4 Å². The van der Waals surface area contributed by atoms with Crippen LogP contribution in [0.1, 0.15) is 51.9 Å². The first-order valence-corrected chi connectivity index (χ1v) is 6.80. The highest BCUT2D eigenvalue weighted by Gasteiger charge is 1.89. The van der Waals surface area contributed by atoms with Gasteiger partial charge in [0, 0.05) is 5.33 Å². The number of halogens is 1. The fraction of sp³-hybridized carbons (Fsp3) is 1.00. The molecule has 1 nitrogen and oxygen atoms in total. The van der Waals surface area contributed by atoms with Crippen molar-refractivity contribution in [1.82, 2.24) is 5.32 Å². The van der Waals surface area contributed by atoms with Crippen molar-refractivity contribution in [2.45, 2.75) is 51.9 Å². The van der Waals surface area contributed by atoms with Gasteiger partial charge in [0.2, 0.25) is 0 Å². The number of hydrogen-bond donors (Lipinski definition) is 1. The molecular weight excluding hydrogens is 226 g/mol. The molecule has 0 aromatic heterocycles. The third-order valence-electron chi connectivity index (χ3n) is 2.19. The maximum Gasteiger partial charge on any atom is 0.00317 e. The molecule has 80 valence electrons. The zero-order valence-electron chi connectivity index (χ0n) is 8.95. The third-order valence-corrected chi connectivity index (χ3v) is 2.76. The number of nitrogens with one attached hydrogen (secondary N) is 1. The highest BCUT2D eigenvalue weighted by Crippen LogP contribution is 2.01. The summed E-state index contributed by atoms with van der Waals surface area (Å²) in [5, 5.41) is 4.62. The van der Waals surface area contributed by atoms with Gasteiger partial charge in [-0.3, -0.25) is 0 Å². The molecule has 0 aliphatic rings. The van der Waals surface area contributed by atoms with E-state index < -0.39 is 0 Å². The molecule has 0 fully saturated rings. The van der Waals surface area contributed by atoms with Crippen molar-refractivity contribution < 1.29 is 0 Å². The Balaban J connectivity index is 2.76. The van der Waals surface area contributed by atoms with Gasteiger partial charge in [-0.15, -0.1) is 0 Å². The fourth-order valence-corrected chi connectivity index (χ4v) is 1.72. The average Bonchev–Trinajstić information content (AvgIpc) is 2.16. The molecule has 0 amide bonds. The van der Waals surface area contributed by atoms with Crippen LogP contribution in [0.2, 0.25) is 0 Å². The molecule has 0 bridgehead atoms. The zero-order chi connectivity index (χ0) is 9.78. The quantitative estimate of drug-likeness (QED) is 0.460. The minimum atomic E-state index is 1.14. The Morgan fingerprint density at radius 3 is 2.08 bits per heavy atom. The summed E-state index contributed by atoms with van der Waals surface area (Å²) in [5.41, 5.74) is 0. The maximum absolute atomic E-state index is 3.48. The maximum atomic E-state index is 3.48. The minimum absolute atomic E-state index is 1.14. The van der Waals surface area contributed by atoms with E-state index in [-0.39, 0.29) is 0 Å². The Morgan fingerprint density at radius 2 is 1.46 bits per heavy atom. The molecule has 0 unspecified atom stereocenters. The predicted molar refractivity (Wildman–Crippen MR) is 64.7 cm³/mol. The van der Waals surface area contributed by atoms with Gasteiger partial charge in [-0.2, -0.15) is 0 Å². The van der Waals surface area contributed by atoms with E-state index in [0.717, 1.165) is 5.33 Å². The van der Waals surface area contributed by atoms with Gasteiger partial charge in [0.15, 0.2) is 0 Å². The first-order chi connectivity index (χ1) is 6.41. The molecule has 0 aliphatic carbocycles. The van der Waals surface area contributed by atoms with Crippen molar-refractivity contribution in [2.24, 2.45) is 0 Å². The summed E-state index contributed by atoms with van der Waals surface area (Å²) < 4.78 is 0. The Hall–Kier alpha value is 0.440. The first kappa shape index (κ1) is 13.4. The van der Waals surface area contributed by atoms with Crippen LogP contribution in [-0.4, -0.2) is 18.4 Å². The Morgan fingerprint density at radius 1 is 0.846 bits per heavy atom. The Labute approximate surface area is 91.8 Å². The van der Waals surface area contributed by atoms with Gasteiger partial charge in [0.25, 0.3) is 0 Å². The van der Waals surface area contributed by atoms with Gasteiger partial charge in [0.05, 0.1) is 0 Å². The summed E-state index contributed by atoms with van der Waals surface area (Å²) in [6.45, 7) is 4.67. The lowest BCUT2D eigenvalue weighted by molar-refractivity contribution is 0.573. The second-order valence-corrected chi connectivity index (χ2v) is 4.35. The van der Waals surface area contributed by atoms with Gasteiger partial charge >= 0.3 is 0 Å². The molecule has 0 saturated heterocycles. The van der Waals surface area contributed by atoms with Crippen LogP contribution in [0.25, 0.3) is 0 Å². The lowest BCUT2D eigenvalue weighted by Gasteiger charge is -2.03. The molecular formula is C11H24BrN. The fourth-order valence-electron chi connectivity index (χ4n) is 1.32. The van der Waals surface area contributed by atoms with E-state index >= 15 is 0 Å². The van der Waals surface area contributed by atoms with Crippen LogP contribution in [0.5, 0.6) is 0 Å². The van der Waals surface area contributed by atoms with E-state index in [4.69, 9.17) is 0 Å². The smallest absolute Gasteiger partial charge is 0.00317 e. The van der Waals surface area contributed by atoms with E-state index in [9.17, 15) is 0 Å². The Kier molecular flexibility index (Phi) is 12.9. The molecule has 0 aliphatic heterocycles. The summed E-state index contributed by atoms with van der Waals surface area (Å²) >= 11 is 3.43. The first-order valence-electron chi connectivity index (χ1n) is 5.68. The highest BCUT2D eigenvalue weighted by atomic mass is 79.9. The van der Waals surface area contributed by atoms with Crippen LogP contribution in [0, 0.1) is 0 Å². The van der Waals surface area contributed by atoms with E-state index in [0.29, 0.717) is 0 Å². The highest BCUT2D eigenvalue weighted by molar-refractivity contribution is 9.09. The molecule has 0 atom stereocenters. The number of rotatable bonds is 10. The van der Waals surface area contributed by atoms with E-state index in [1.807, 2.05) is 0 Å². The SMILES string of the molecule is CCCCCCCNCCCCBr. The van der Waals surface area contributed by atoms with E-state index in [2.05, 4.69) is 28.2 Å². The van der Waals surface area contributed by atoms with Crippen LogP contribution >= 0.6 is 15.9 Å². The molecule has 0 spiro atoms. The molecule has 0 aromatic carbocycles. The van der Waals surface area contributed by atoms with Crippen LogP contribution in [0.3, 0.4) is 0 Å². The van der Waals surface area contributed by atoms with Gasteiger partial charge in [-0.05, 0) is 32.4 Å². The summed E-state index contributed by atoms with van der Waals surface area (Å²) in [6, 6.07) is 0. The third kappa shape index (κ3) is 12.4. The lowest BCUT2D eigenvalue weighted by atomic mass is 10.1. The Bertz CT molecular complexity index is 76.2. The van der Waals surface area contributed by atoms with Gasteiger partial charge in [-0.1, -0.05) is 48.5 Å². The van der Waals surface area contributed by atoms with E-state index in [1.54, 1.807) is 0 Å². The van der Waals surface area contributed by atoms with Crippen LogP contribution in [0.4, 0.5) is 0 Å². The van der Waals surface area contributed by atoms with Crippen molar-refractivity contribution in [3.05, 3.63) is 0 Å². The van der Waals surface area contributed by atoms with Crippen LogP contribution in [0.15, 0.2) is 0 Å². The summed E-state index contributed by atoms with van der Waals surface area (Å²) in [5.74, 6) is 0. The van der Waals surface area contributed by atoms with Crippen molar-refractivity contribution in [1.29, 1.82) is 0 Å². The number of unbranched alkanes of at least 4 members (excludes halogenated alkanes) is 5. The molecule has 0 rings (SSSR count). The van der Waals surface area contributed by atoms with Crippen molar-refractivity contribution in [3.63, 3.8) is 0 Å². The van der Waals surface area contributed by atoms with Gasteiger partial charge < -0.3 is 5.32 Å². The molecule has 0 aromatic rings. The summed E-state index contributed by atoms with van der Waals surface area (Å²) in [4.78, 5) is 0. The topological polar surface area (TPSA) is 12.0 Å². The zero-order valence-corrected chi connectivity index (χ0v) is 10.5. The average molecular weight is 250 g/mol. The second kappa shape index (κ2) is 12.4. The monoisotopic (exact) mass is 249 g/mol. The summed E-state index contributed by atoms with van der Waals surface area (Å²) in [6.07, 6.45) is 9.53. The van der Waals surface area contributed by atoms with Crippen molar-refractivity contribution >= 4 is 15.9 Å². The standard InChI is InChI=1S/C11H24BrN/c1-2-3-4-5-7-10-13-11-8-6-9-12/h13H,2-11H2,1H3. The van der Waals surface area contributed by atoms with Crippen LogP contribution in [-0.2, 0) is 0 Å². The normalized spacial score (nSPS) is 10.6. The lowest BCUT2D eigenvalue weighted by Crippen LogP contribution is -2.16.